The van der Waals surface area contributed by atoms with Crippen molar-refractivity contribution in [3.8, 4) is 24.0 Å². The lowest BCUT2D eigenvalue weighted by Crippen LogP contribution is -2.29. The first kappa shape index (κ1) is 23.1. The van der Waals surface area contributed by atoms with Crippen LogP contribution in [-0.4, -0.2) is 25.4 Å². The zero-order valence-electron chi connectivity index (χ0n) is 19.3. The second-order valence-electron chi connectivity index (χ2n) is 8.51. The highest BCUT2D eigenvalue weighted by Crippen LogP contribution is 2.26. The molecule has 0 saturated heterocycles. The van der Waals surface area contributed by atoms with Crippen LogP contribution in [0.5, 0.6) is 0 Å². The van der Waals surface area contributed by atoms with Gasteiger partial charge in [-0.25, -0.2) is 15.0 Å². The average Bonchev–Trinajstić information content (AvgIpc) is 3.28. The van der Waals surface area contributed by atoms with E-state index in [4.69, 9.17) is 5.26 Å². The van der Waals surface area contributed by atoms with Crippen LogP contribution in [0.3, 0.4) is 0 Å². The Hall–Kier alpha value is -5.07. The van der Waals surface area contributed by atoms with Gasteiger partial charge in [0.25, 0.3) is 5.91 Å². The predicted molar refractivity (Wildman–Crippen MR) is 127 cm³/mol. The molecular weight excluding hydrogens is 440 g/mol. The SMILES string of the molecule is C[C@H](NC(=O)c1cc(C#N)cc(C(C)(C)C#N)c1)c1nc2cccnc2n1-c1ccc(C#N)cn1. The van der Waals surface area contributed by atoms with Crippen molar-refractivity contribution in [2.45, 2.75) is 32.2 Å². The van der Waals surface area contributed by atoms with Crippen molar-refractivity contribution >= 4 is 17.1 Å². The van der Waals surface area contributed by atoms with E-state index in [0.717, 1.165) is 0 Å². The van der Waals surface area contributed by atoms with Crippen LogP contribution in [0, 0.1) is 34.0 Å². The number of nitrogens with one attached hydrogen (secondary N) is 1. The van der Waals surface area contributed by atoms with Crippen LogP contribution in [0.4, 0.5) is 0 Å². The molecule has 3 heterocycles. The lowest BCUT2D eigenvalue weighted by Gasteiger charge is -2.19. The van der Waals surface area contributed by atoms with Gasteiger partial charge in [0, 0.05) is 18.0 Å². The molecular formula is C26H20N8O. The standard InChI is InChI=1S/C26H20N8O/c1-16(32-25(35)19-9-18(13-28)10-20(11-19)26(2,3)15-29)23-33-21-5-4-8-30-24(21)34(23)22-7-6-17(12-27)14-31-22/h4-11,14,16H,1-3H3,(H,32,35)/t16-/m0/s1. The molecule has 0 aliphatic heterocycles. The van der Waals surface area contributed by atoms with Crippen LogP contribution in [0.25, 0.3) is 17.0 Å². The molecule has 4 aromatic rings. The minimum Gasteiger partial charge on any atom is -0.342 e. The quantitative estimate of drug-likeness (QED) is 0.476. The van der Waals surface area contributed by atoms with Gasteiger partial charge < -0.3 is 5.32 Å². The monoisotopic (exact) mass is 460 g/mol. The fraction of sp³-hybridized carbons (Fsp3) is 0.192. The highest BCUT2D eigenvalue weighted by atomic mass is 16.1. The Balaban J connectivity index is 1.73. The van der Waals surface area contributed by atoms with Crippen LogP contribution in [0.2, 0.25) is 0 Å². The summed E-state index contributed by atoms with van der Waals surface area (Å²) in [5, 5.41) is 31.0. The third kappa shape index (κ3) is 4.42. The topological polar surface area (TPSA) is 144 Å². The lowest BCUT2D eigenvalue weighted by molar-refractivity contribution is 0.0938. The minimum atomic E-state index is -0.867. The average molecular weight is 461 g/mol. The Labute approximate surface area is 201 Å². The number of imidazole rings is 1. The summed E-state index contributed by atoms with van der Waals surface area (Å²) in [6.45, 7) is 5.25. The molecule has 1 N–H and O–H groups in total. The number of carbonyl (C=O) groups excluding carboxylic acids is 1. The summed E-state index contributed by atoms with van der Waals surface area (Å²) in [5.74, 6) is 0.591. The van der Waals surface area contributed by atoms with Gasteiger partial charge >= 0.3 is 0 Å². The van der Waals surface area contributed by atoms with E-state index in [9.17, 15) is 15.3 Å². The number of fused-ring (bicyclic) bond motifs is 1. The van der Waals surface area contributed by atoms with Crippen molar-refractivity contribution in [1.29, 1.82) is 15.8 Å². The smallest absolute Gasteiger partial charge is 0.251 e. The molecule has 35 heavy (non-hydrogen) atoms. The molecule has 0 saturated carbocycles. The summed E-state index contributed by atoms with van der Waals surface area (Å²) in [5.41, 5.74) is 1.88. The van der Waals surface area contributed by atoms with Gasteiger partial charge in [0.1, 0.15) is 23.2 Å². The Morgan fingerprint density at radius 3 is 2.49 bits per heavy atom. The third-order valence-corrected chi connectivity index (χ3v) is 5.61. The highest BCUT2D eigenvalue weighted by molar-refractivity contribution is 5.95. The Bertz CT molecular complexity index is 1560. The first-order chi connectivity index (χ1) is 16.8. The number of hydrogen-bond acceptors (Lipinski definition) is 7. The van der Waals surface area contributed by atoms with Crippen molar-refractivity contribution in [1.82, 2.24) is 24.8 Å². The Kier molecular flexibility index (Phi) is 5.97. The second kappa shape index (κ2) is 9.05. The maximum Gasteiger partial charge on any atom is 0.251 e. The van der Waals surface area contributed by atoms with E-state index in [1.54, 1.807) is 61.9 Å². The number of amides is 1. The zero-order chi connectivity index (χ0) is 25.2. The van der Waals surface area contributed by atoms with Crippen LogP contribution in [0.15, 0.2) is 54.9 Å². The normalized spacial score (nSPS) is 11.8. The van der Waals surface area contributed by atoms with E-state index in [-0.39, 0.29) is 5.56 Å². The first-order valence-corrected chi connectivity index (χ1v) is 10.7. The number of rotatable bonds is 5. The number of nitriles is 3. The van der Waals surface area contributed by atoms with E-state index in [1.165, 1.54) is 12.3 Å². The molecule has 9 nitrogen and oxygen atoms in total. The zero-order valence-corrected chi connectivity index (χ0v) is 19.3. The van der Waals surface area contributed by atoms with Gasteiger partial charge in [-0.05, 0) is 68.8 Å². The maximum absolute atomic E-state index is 13.2. The fourth-order valence-corrected chi connectivity index (χ4v) is 3.62. The molecule has 0 fully saturated rings. The molecule has 0 unspecified atom stereocenters. The van der Waals surface area contributed by atoms with Crippen LogP contribution < -0.4 is 5.32 Å². The Morgan fingerprint density at radius 2 is 1.83 bits per heavy atom. The molecule has 3 aromatic heterocycles. The van der Waals surface area contributed by atoms with Crippen molar-refractivity contribution in [2.75, 3.05) is 0 Å². The van der Waals surface area contributed by atoms with E-state index < -0.39 is 17.4 Å². The maximum atomic E-state index is 13.2. The Morgan fingerprint density at radius 1 is 1.06 bits per heavy atom. The summed E-state index contributed by atoms with van der Waals surface area (Å²) in [4.78, 5) is 26.7. The van der Waals surface area contributed by atoms with E-state index in [1.807, 2.05) is 12.1 Å². The van der Waals surface area contributed by atoms with Gasteiger partial charge in [-0.15, -0.1) is 0 Å². The molecule has 0 aliphatic carbocycles. The number of aromatic nitrogens is 4. The second-order valence-corrected chi connectivity index (χ2v) is 8.51. The van der Waals surface area contributed by atoms with Gasteiger partial charge in [-0.2, -0.15) is 15.8 Å². The summed E-state index contributed by atoms with van der Waals surface area (Å²) in [6, 6.07) is 17.4. The molecule has 170 valence electrons. The van der Waals surface area contributed by atoms with Crippen LogP contribution >= 0.6 is 0 Å². The molecule has 1 amide bonds. The molecule has 0 radical (unpaired) electrons. The molecule has 1 atom stereocenters. The van der Waals surface area contributed by atoms with Crippen LogP contribution in [-0.2, 0) is 5.41 Å². The summed E-state index contributed by atoms with van der Waals surface area (Å²) in [7, 11) is 0. The van der Waals surface area contributed by atoms with Crippen molar-refractivity contribution in [3.05, 3.63) is 82.9 Å². The summed E-state index contributed by atoms with van der Waals surface area (Å²) < 4.78 is 1.73. The molecule has 0 bridgehead atoms. The third-order valence-electron chi connectivity index (χ3n) is 5.61. The summed E-state index contributed by atoms with van der Waals surface area (Å²) >= 11 is 0. The predicted octanol–water partition coefficient (Wildman–Crippen LogP) is 3.85. The highest BCUT2D eigenvalue weighted by Gasteiger charge is 2.25. The van der Waals surface area contributed by atoms with Crippen LogP contribution in [0.1, 0.15) is 59.7 Å². The molecule has 4 rings (SSSR count). The van der Waals surface area contributed by atoms with E-state index in [0.29, 0.717) is 39.5 Å². The molecule has 9 heteroatoms. The van der Waals surface area contributed by atoms with Gasteiger partial charge in [-0.1, -0.05) is 0 Å². The number of pyridine rings is 2. The van der Waals surface area contributed by atoms with Gasteiger partial charge in [0.15, 0.2) is 5.65 Å². The summed E-state index contributed by atoms with van der Waals surface area (Å²) in [6.07, 6.45) is 3.10. The van der Waals surface area contributed by atoms with Crippen molar-refractivity contribution < 1.29 is 4.79 Å². The van der Waals surface area contributed by atoms with Crippen molar-refractivity contribution in [2.24, 2.45) is 0 Å². The van der Waals surface area contributed by atoms with Gasteiger partial charge in [0.2, 0.25) is 0 Å². The van der Waals surface area contributed by atoms with Gasteiger partial charge in [-0.3, -0.25) is 9.36 Å². The molecule has 1 aromatic carbocycles. The fourth-order valence-electron chi connectivity index (χ4n) is 3.62. The van der Waals surface area contributed by atoms with E-state index >= 15 is 0 Å². The largest absolute Gasteiger partial charge is 0.342 e. The first-order valence-electron chi connectivity index (χ1n) is 10.7. The number of nitrogens with zero attached hydrogens (tertiary/aromatic N) is 7. The molecule has 0 spiro atoms. The number of benzene rings is 1. The van der Waals surface area contributed by atoms with Gasteiger partial charge in [0.05, 0.1) is 34.7 Å². The number of carbonyl (C=O) groups is 1. The van der Waals surface area contributed by atoms with Crippen molar-refractivity contribution in [3.63, 3.8) is 0 Å². The van der Waals surface area contributed by atoms with E-state index in [2.05, 4.69) is 32.4 Å². The number of hydrogen-bond donors (Lipinski definition) is 1. The minimum absolute atomic E-state index is 0.270. The molecule has 0 aliphatic rings. The lowest BCUT2D eigenvalue weighted by atomic mass is 9.84.